The zero-order valence-corrected chi connectivity index (χ0v) is 9.68. The Bertz CT molecular complexity index is 541. The lowest BCUT2D eigenvalue weighted by atomic mass is 10.1. The highest BCUT2D eigenvalue weighted by Crippen LogP contribution is 2.27. The molecule has 0 bridgehead atoms. The number of methoxy groups -OCH3 is 1. The lowest BCUT2D eigenvalue weighted by Crippen LogP contribution is -1.96. The summed E-state index contributed by atoms with van der Waals surface area (Å²) in [7, 11) is 1.49. The van der Waals surface area contributed by atoms with Gasteiger partial charge in [-0.05, 0) is 11.6 Å². The SMILES string of the molecule is COc1cc(-c2cnn(C(F)F)c2)ccc1CO. The molecule has 18 heavy (non-hydrogen) atoms. The van der Waals surface area contributed by atoms with E-state index in [0.29, 0.717) is 27.1 Å². The third-order valence-corrected chi connectivity index (χ3v) is 2.59. The third kappa shape index (κ3) is 2.33. The first kappa shape index (κ1) is 12.5. The van der Waals surface area contributed by atoms with Gasteiger partial charge in [0.25, 0.3) is 0 Å². The molecule has 1 heterocycles. The normalized spacial score (nSPS) is 10.9. The van der Waals surface area contributed by atoms with Crippen LogP contribution < -0.4 is 4.74 Å². The predicted molar refractivity (Wildman–Crippen MR) is 61.4 cm³/mol. The van der Waals surface area contributed by atoms with Gasteiger partial charge in [-0.15, -0.1) is 0 Å². The van der Waals surface area contributed by atoms with E-state index in [2.05, 4.69) is 5.10 Å². The molecule has 0 amide bonds. The fourth-order valence-corrected chi connectivity index (χ4v) is 1.65. The van der Waals surface area contributed by atoms with Gasteiger partial charge in [0.15, 0.2) is 0 Å². The van der Waals surface area contributed by atoms with Gasteiger partial charge in [0.2, 0.25) is 0 Å². The molecule has 0 aliphatic carbocycles. The third-order valence-electron chi connectivity index (χ3n) is 2.59. The summed E-state index contributed by atoms with van der Waals surface area (Å²) in [5.41, 5.74) is 1.91. The van der Waals surface area contributed by atoms with Crippen molar-refractivity contribution in [2.24, 2.45) is 0 Å². The fourth-order valence-electron chi connectivity index (χ4n) is 1.65. The molecule has 0 unspecified atom stereocenters. The van der Waals surface area contributed by atoms with E-state index in [1.165, 1.54) is 19.5 Å². The summed E-state index contributed by atoms with van der Waals surface area (Å²) in [4.78, 5) is 0. The smallest absolute Gasteiger partial charge is 0.333 e. The second-order valence-corrected chi connectivity index (χ2v) is 3.67. The Hall–Kier alpha value is -1.95. The Morgan fingerprint density at radius 2 is 2.17 bits per heavy atom. The van der Waals surface area contributed by atoms with Crippen LogP contribution in [-0.4, -0.2) is 22.0 Å². The topological polar surface area (TPSA) is 47.3 Å². The number of aliphatic hydroxyl groups is 1. The number of aliphatic hydroxyl groups excluding tert-OH is 1. The Labute approximate surface area is 102 Å². The number of alkyl halides is 2. The zero-order valence-electron chi connectivity index (χ0n) is 9.68. The number of hydrogen-bond acceptors (Lipinski definition) is 3. The zero-order chi connectivity index (χ0) is 13.1. The molecule has 1 aromatic heterocycles. The Balaban J connectivity index is 2.38. The number of hydrogen-bond donors (Lipinski definition) is 1. The van der Waals surface area contributed by atoms with E-state index < -0.39 is 6.55 Å². The van der Waals surface area contributed by atoms with Crippen molar-refractivity contribution in [3.63, 3.8) is 0 Å². The van der Waals surface area contributed by atoms with Crippen LogP contribution >= 0.6 is 0 Å². The maximum Gasteiger partial charge on any atom is 0.333 e. The van der Waals surface area contributed by atoms with Crippen molar-refractivity contribution in [2.45, 2.75) is 13.2 Å². The minimum atomic E-state index is -2.66. The minimum absolute atomic E-state index is 0.139. The van der Waals surface area contributed by atoms with Crippen LogP contribution in [0, 0.1) is 0 Å². The van der Waals surface area contributed by atoms with Gasteiger partial charge in [-0.2, -0.15) is 13.9 Å². The van der Waals surface area contributed by atoms with Crippen LogP contribution in [0.1, 0.15) is 12.1 Å². The van der Waals surface area contributed by atoms with E-state index in [1.807, 2.05) is 0 Å². The van der Waals surface area contributed by atoms with Crippen LogP contribution in [0.3, 0.4) is 0 Å². The molecule has 1 N–H and O–H groups in total. The standard InChI is InChI=1S/C12H12F2N2O2/c1-18-11-4-8(2-3-9(11)7-17)10-5-15-16(6-10)12(13)14/h2-6,12,17H,7H2,1H3. The largest absolute Gasteiger partial charge is 0.496 e. The molecule has 0 radical (unpaired) electrons. The first-order chi connectivity index (χ1) is 8.65. The van der Waals surface area contributed by atoms with Crippen molar-refractivity contribution in [3.8, 4) is 16.9 Å². The van der Waals surface area contributed by atoms with Gasteiger partial charge in [-0.3, -0.25) is 0 Å². The Morgan fingerprint density at radius 1 is 1.39 bits per heavy atom. The molecule has 0 saturated heterocycles. The van der Waals surface area contributed by atoms with E-state index in [-0.39, 0.29) is 6.61 Å². The molecule has 6 heteroatoms. The van der Waals surface area contributed by atoms with Crippen LogP contribution in [0.15, 0.2) is 30.6 Å². The molecule has 0 saturated carbocycles. The maximum absolute atomic E-state index is 12.4. The summed E-state index contributed by atoms with van der Waals surface area (Å²) in [5, 5.41) is 12.7. The average Bonchev–Trinajstić information content (AvgIpc) is 2.87. The van der Waals surface area contributed by atoms with Crippen LogP contribution in [0.2, 0.25) is 0 Å². The number of aromatic nitrogens is 2. The molecule has 1 aromatic carbocycles. The van der Waals surface area contributed by atoms with Gasteiger partial charge in [0.05, 0.1) is 19.9 Å². The summed E-state index contributed by atoms with van der Waals surface area (Å²) in [6.45, 7) is -2.79. The van der Waals surface area contributed by atoms with Gasteiger partial charge < -0.3 is 9.84 Å². The van der Waals surface area contributed by atoms with Gasteiger partial charge in [-0.25, -0.2) is 4.68 Å². The number of ether oxygens (including phenoxy) is 1. The Kier molecular flexibility index (Phi) is 3.57. The van der Waals surface area contributed by atoms with Gasteiger partial charge in [0, 0.05) is 17.3 Å². The highest BCUT2D eigenvalue weighted by Gasteiger charge is 2.10. The number of benzene rings is 1. The van der Waals surface area contributed by atoms with Crippen LogP contribution in [-0.2, 0) is 6.61 Å². The second kappa shape index (κ2) is 5.14. The summed E-state index contributed by atoms with van der Waals surface area (Å²) in [6.07, 6.45) is 2.62. The van der Waals surface area contributed by atoms with Crippen LogP contribution in [0.4, 0.5) is 8.78 Å². The molecular weight excluding hydrogens is 242 g/mol. The molecule has 4 nitrogen and oxygen atoms in total. The van der Waals surface area contributed by atoms with E-state index in [4.69, 9.17) is 9.84 Å². The van der Waals surface area contributed by atoms with Crippen molar-refractivity contribution < 1.29 is 18.6 Å². The quantitative estimate of drug-likeness (QED) is 0.911. The second-order valence-electron chi connectivity index (χ2n) is 3.67. The van der Waals surface area contributed by atoms with Crippen molar-refractivity contribution in [3.05, 3.63) is 36.2 Å². The van der Waals surface area contributed by atoms with E-state index in [0.717, 1.165) is 0 Å². The first-order valence-corrected chi connectivity index (χ1v) is 5.26. The molecule has 96 valence electrons. The summed E-state index contributed by atoms with van der Waals surface area (Å²) in [6, 6.07) is 5.09. The van der Waals surface area contributed by atoms with Gasteiger partial charge in [0.1, 0.15) is 5.75 Å². The molecule has 0 spiro atoms. The summed E-state index contributed by atoms with van der Waals surface area (Å²) in [5.74, 6) is 0.514. The van der Waals surface area contributed by atoms with Crippen molar-refractivity contribution in [2.75, 3.05) is 7.11 Å². The van der Waals surface area contributed by atoms with Crippen molar-refractivity contribution >= 4 is 0 Å². The van der Waals surface area contributed by atoms with Crippen molar-refractivity contribution in [1.29, 1.82) is 0 Å². The molecule has 0 aliphatic heterocycles. The number of nitrogens with zero attached hydrogens (tertiary/aromatic N) is 2. The highest BCUT2D eigenvalue weighted by molar-refractivity contribution is 5.64. The predicted octanol–water partition coefficient (Wildman–Crippen LogP) is 2.45. The van der Waals surface area contributed by atoms with Crippen LogP contribution in [0.25, 0.3) is 11.1 Å². The van der Waals surface area contributed by atoms with E-state index in [1.54, 1.807) is 18.2 Å². The van der Waals surface area contributed by atoms with E-state index in [9.17, 15) is 8.78 Å². The van der Waals surface area contributed by atoms with Gasteiger partial charge in [-0.1, -0.05) is 12.1 Å². The Morgan fingerprint density at radius 3 is 2.72 bits per heavy atom. The molecule has 0 aliphatic rings. The van der Waals surface area contributed by atoms with Gasteiger partial charge >= 0.3 is 6.55 Å². The molecule has 0 fully saturated rings. The highest BCUT2D eigenvalue weighted by atomic mass is 19.3. The lowest BCUT2D eigenvalue weighted by Gasteiger charge is -2.07. The summed E-state index contributed by atoms with van der Waals surface area (Å²) >= 11 is 0. The first-order valence-electron chi connectivity index (χ1n) is 5.26. The lowest BCUT2D eigenvalue weighted by molar-refractivity contribution is 0.0566. The molecule has 2 rings (SSSR count). The maximum atomic E-state index is 12.4. The molecule has 2 aromatic rings. The average molecular weight is 254 g/mol. The molecular formula is C12H12F2N2O2. The minimum Gasteiger partial charge on any atom is -0.496 e. The summed E-state index contributed by atoms with van der Waals surface area (Å²) < 4.78 is 30.5. The molecule has 0 atom stereocenters. The van der Waals surface area contributed by atoms with Crippen LogP contribution in [0.5, 0.6) is 5.75 Å². The number of halogens is 2. The fraction of sp³-hybridized carbons (Fsp3) is 0.250. The number of rotatable bonds is 4. The van der Waals surface area contributed by atoms with Crippen molar-refractivity contribution in [1.82, 2.24) is 9.78 Å². The van der Waals surface area contributed by atoms with E-state index >= 15 is 0 Å². The monoisotopic (exact) mass is 254 g/mol.